The minimum atomic E-state index is -0.155. The predicted octanol–water partition coefficient (Wildman–Crippen LogP) is 0.795. The summed E-state index contributed by atoms with van der Waals surface area (Å²) < 4.78 is 6.77. The highest BCUT2D eigenvalue weighted by Gasteiger charge is 2.06. The molecule has 0 fully saturated rings. The number of aromatic nitrogens is 2. The van der Waals surface area contributed by atoms with Crippen molar-refractivity contribution in [1.29, 1.82) is 0 Å². The molecule has 0 aromatic carbocycles. The zero-order chi connectivity index (χ0) is 11.8. The summed E-state index contributed by atoms with van der Waals surface area (Å²) in [6.07, 6.45) is 2.51. The fourth-order valence-electron chi connectivity index (χ4n) is 1.16. The van der Waals surface area contributed by atoms with Crippen molar-refractivity contribution in [3.8, 4) is 0 Å². The molecule has 1 rings (SSSR count). The highest BCUT2D eigenvalue weighted by molar-refractivity contribution is 6.17. The maximum absolute atomic E-state index is 11.5. The van der Waals surface area contributed by atoms with Crippen LogP contribution in [0.3, 0.4) is 0 Å². The smallest absolute Gasteiger partial charge is 0.271 e. The normalized spacial score (nSPS) is 10.4. The first kappa shape index (κ1) is 13.0. The fourth-order valence-corrected chi connectivity index (χ4v) is 1.27. The molecule has 0 aliphatic rings. The van der Waals surface area contributed by atoms with Gasteiger partial charge < -0.3 is 10.1 Å². The van der Waals surface area contributed by atoms with Gasteiger partial charge in [0.15, 0.2) is 0 Å². The number of hydrogen-bond donors (Lipinski definition) is 1. The Labute approximate surface area is 99.7 Å². The molecule has 0 spiro atoms. The monoisotopic (exact) mass is 245 g/mol. The Morgan fingerprint density at radius 3 is 3.06 bits per heavy atom. The van der Waals surface area contributed by atoms with Crippen LogP contribution in [0.25, 0.3) is 0 Å². The van der Waals surface area contributed by atoms with Crippen molar-refractivity contribution in [1.82, 2.24) is 15.1 Å². The Balaban J connectivity index is 2.11. The molecular weight excluding hydrogens is 230 g/mol. The van der Waals surface area contributed by atoms with Gasteiger partial charge in [-0.2, -0.15) is 5.10 Å². The van der Waals surface area contributed by atoms with Gasteiger partial charge in [0, 0.05) is 32.3 Å². The molecule has 5 nitrogen and oxygen atoms in total. The number of rotatable bonds is 7. The SMILES string of the molecule is Cn1ccc(C(=O)NCCCOCCCl)n1. The number of ether oxygens (including phenoxy) is 1. The van der Waals surface area contributed by atoms with Gasteiger partial charge in [0.1, 0.15) is 5.69 Å². The standard InChI is InChI=1S/C10H16ClN3O2/c1-14-6-3-9(13-14)10(15)12-5-2-7-16-8-4-11/h3,6H,2,4-5,7-8H2,1H3,(H,12,15). The Kier molecular flexibility index (Phi) is 5.88. The van der Waals surface area contributed by atoms with E-state index in [2.05, 4.69) is 10.4 Å². The van der Waals surface area contributed by atoms with E-state index >= 15 is 0 Å². The molecule has 90 valence electrons. The molecule has 1 N–H and O–H groups in total. The van der Waals surface area contributed by atoms with Gasteiger partial charge in [0.05, 0.1) is 6.61 Å². The largest absolute Gasteiger partial charge is 0.380 e. The van der Waals surface area contributed by atoms with Crippen molar-refractivity contribution in [3.05, 3.63) is 18.0 Å². The Hall–Kier alpha value is -1.07. The first-order valence-corrected chi connectivity index (χ1v) is 5.69. The Morgan fingerprint density at radius 1 is 1.62 bits per heavy atom. The second-order valence-electron chi connectivity index (χ2n) is 3.29. The molecule has 0 unspecified atom stereocenters. The minimum Gasteiger partial charge on any atom is -0.380 e. The van der Waals surface area contributed by atoms with Crippen molar-refractivity contribution in [2.24, 2.45) is 7.05 Å². The van der Waals surface area contributed by atoms with Crippen LogP contribution in [0.4, 0.5) is 0 Å². The van der Waals surface area contributed by atoms with Gasteiger partial charge in [-0.05, 0) is 12.5 Å². The lowest BCUT2D eigenvalue weighted by Gasteiger charge is -2.03. The molecule has 0 radical (unpaired) electrons. The molecule has 1 heterocycles. The van der Waals surface area contributed by atoms with Gasteiger partial charge in [-0.1, -0.05) is 0 Å². The highest BCUT2D eigenvalue weighted by atomic mass is 35.5. The molecule has 0 saturated heterocycles. The molecule has 6 heteroatoms. The maximum Gasteiger partial charge on any atom is 0.271 e. The van der Waals surface area contributed by atoms with Crippen LogP contribution in [0.2, 0.25) is 0 Å². The second kappa shape index (κ2) is 7.24. The first-order chi connectivity index (χ1) is 7.74. The van der Waals surface area contributed by atoms with E-state index in [1.165, 1.54) is 0 Å². The van der Waals surface area contributed by atoms with Crippen molar-refractivity contribution >= 4 is 17.5 Å². The minimum absolute atomic E-state index is 0.155. The average Bonchev–Trinajstić information content (AvgIpc) is 2.70. The maximum atomic E-state index is 11.5. The summed E-state index contributed by atoms with van der Waals surface area (Å²) >= 11 is 5.44. The average molecular weight is 246 g/mol. The van der Waals surface area contributed by atoms with Crippen LogP contribution in [0.15, 0.2) is 12.3 Å². The number of amides is 1. The molecule has 16 heavy (non-hydrogen) atoms. The van der Waals surface area contributed by atoms with Gasteiger partial charge >= 0.3 is 0 Å². The number of nitrogens with zero attached hydrogens (tertiary/aromatic N) is 2. The van der Waals surface area contributed by atoms with Crippen LogP contribution in [-0.4, -0.2) is 41.3 Å². The van der Waals surface area contributed by atoms with Crippen molar-refractivity contribution in [2.75, 3.05) is 25.6 Å². The number of carbonyl (C=O) groups is 1. The molecule has 1 aromatic heterocycles. The highest BCUT2D eigenvalue weighted by Crippen LogP contribution is 1.93. The fraction of sp³-hybridized carbons (Fsp3) is 0.600. The molecule has 1 aromatic rings. The van der Waals surface area contributed by atoms with Gasteiger partial charge in [-0.3, -0.25) is 9.48 Å². The summed E-state index contributed by atoms with van der Waals surface area (Å²) in [5.74, 6) is 0.346. The summed E-state index contributed by atoms with van der Waals surface area (Å²) in [6, 6.07) is 1.68. The van der Waals surface area contributed by atoms with Crippen LogP contribution < -0.4 is 5.32 Å². The van der Waals surface area contributed by atoms with E-state index in [-0.39, 0.29) is 5.91 Å². The zero-order valence-corrected chi connectivity index (χ0v) is 10.0. The van der Waals surface area contributed by atoms with Gasteiger partial charge in [0.25, 0.3) is 5.91 Å². The first-order valence-electron chi connectivity index (χ1n) is 5.15. The zero-order valence-electron chi connectivity index (χ0n) is 9.28. The summed E-state index contributed by atoms with van der Waals surface area (Å²) in [5, 5.41) is 6.76. The lowest BCUT2D eigenvalue weighted by atomic mass is 10.4. The van der Waals surface area contributed by atoms with Crippen LogP contribution in [0.1, 0.15) is 16.9 Å². The van der Waals surface area contributed by atoms with Crippen molar-refractivity contribution in [3.63, 3.8) is 0 Å². The number of halogens is 1. The third-order valence-corrected chi connectivity index (χ3v) is 2.07. The van der Waals surface area contributed by atoms with Gasteiger partial charge in [0.2, 0.25) is 0 Å². The Bertz CT molecular complexity index is 328. The summed E-state index contributed by atoms with van der Waals surface area (Å²) in [6.45, 7) is 1.74. The van der Waals surface area contributed by atoms with E-state index < -0.39 is 0 Å². The number of nitrogens with one attached hydrogen (secondary N) is 1. The quantitative estimate of drug-likeness (QED) is 0.571. The van der Waals surface area contributed by atoms with Gasteiger partial charge in [-0.25, -0.2) is 0 Å². The van der Waals surface area contributed by atoms with Crippen molar-refractivity contribution in [2.45, 2.75) is 6.42 Å². The number of alkyl halides is 1. The lowest BCUT2D eigenvalue weighted by Crippen LogP contribution is -2.25. The molecule has 0 atom stereocenters. The van der Waals surface area contributed by atoms with E-state index in [4.69, 9.17) is 16.3 Å². The molecule has 0 saturated carbocycles. The van der Waals surface area contributed by atoms with E-state index in [1.807, 2.05) is 0 Å². The Morgan fingerprint density at radius 2 is 2.44 bits per heavy atom. The summed E-state index contributed by atoms with van der Waals surface area (Å²) in [4.78, 5) is 11.5. The number of carbonyl (C=O) groups excluding carboxylic acids is 1. The molecule has 0 bridgehead atoms. The third-order valence-electron chi connectivity index (χ3n) is 1.92. The second-order valence-corrected chi connectivity index (χ2v) is 3.66. The van der Waals surface area contributed by atoms with E-state index in [9.17, 15) is 4.79 Å². The molecule has 0 aliphatic carbocycles. The van der Waals surface area contributed by atoms with E-state index in [0.717, 1.165) is 6.42 Å². The number of hydrogen-bond acceptors (Lipinski definition) is 3. The summed E-state index contributed by atoms with van der Waals surface area (Å²) in [7, 11) is 1.77. The van der Waals surface area contributed by atoms with Crippen LogP contribution in [0, 0.1) is 0 Å². The third kappa shape index (κ3) is 4.63. The topological polar surface area (TPSA) is 56.2 Å². The molecule has 1 amide bonds. The van der Waals surface area contributed by atoms with E-state index in [0.29, 0.717) is 31.3 Å². The lowest BCUT2D eigenvalue weighted by molar-refractivity contribution is 0.0939. The predicted molar refractivity (Wildman–Crippen MR) is 61.7 cm³/mol. The van der Waals surface area contributed by atoms with Crippen molar-refractivity contribution < 1.29 is 9.53 Å². The summed E-state index contributed by atoms with van der Waals surface area (Å²) in [5.41, 5.74) is 0.434. The van der Waals surface area contributed by atoms with Crippen LogP contribution >= 0.6 is 11.6 Å². The number of aryl methyl sites for hydroxylation is 1. The van der Waals surface area contributed by atoms with Gasteiger partial charge in [-0.15, -0.1) is 11.6 Å². The van der Waals surface area contributed by atoms with E-state index in [1.54, 1.807) is 24.0 Å². The molecular formula is C10H16ClN3O2. The van der Waals surface area contributed by atoms with Crippen LogP contribution in [0.5, 0.6) is 0 Å². The van der Waals surface area contributed by atoms with Crippen LogP contribution in [-0.2, 0) is 11.8 Å². The molecule has 0 aliphatic heterocycles.